The van der Waals surface area contributed by atoms with Crippen molar-refractivity contribution in [2.45, 2.75) is 25.7 Å². The second-order valence-corrected chi connectivity index (χ2v) is 8.53. The summed E-state index contributed by atoms with van der Waals surface area (Å²) in [7, 11) is 0. The van der Waals surface area contributed by atoms with E-state index in [-0.39, 0.29) is 12.6 Å². The molecule has 9 nitrogen and oxygen atoms in total. The van der Waals surface area contributed by atoms with Gasteiger partial charge in [0, 0.05) is 44.8 Å². The van der Waals surface area contributed by atoms with Gasteiger partial charge in [-0.15, -0.1) is 0 Å². The number of ether oxygens (including phenoxy) is 1. The maximum atomic E-state index is 11.7. The van der Waals surface area contributed by atoms with Crippen LogP contribution in [-0.2, 0) is 11.3 Å². The third-order valence-corrected chi connectivity index (χ3v) is 6.56. The van der Waals surface area contributed by atoms with Crippen LogP contribution in [0.2, 0.25) is 0 Å². The molecule has 5 rings (SSSR count). The SMILES string of the molecule is Cc1c([C@H](O)CN2CCN(C[C@H](O)c3ccc4nonc4c3)CC2)ccc2c1COC2=O. The predicted octanol–water partition coefficient (Wildman–Crippen LogP) is 1.59. The highest BCUT2D eigenvalue weighted by Crippen LogP contribution is 2.29. The number of piperazine rings is 1. The molecule has 1 aromatic heterocycles. The fraction of sp³-hybridized carbons (Fsp3) is 0.435. The number of hydrogen-bond donors (Lipinski definition) is 2. The van der Waals surface area contributed by atoms with Crippen LogP contribution in [0.1, 0.15) is 44.8 Å². The number of esters is 1. The minimum absolute atomic E-state index is 0.279. The van der Waals surface area contributed by atoms with E-state index >= 15 is 0 Å². The molecule has 3 aromatic rings. The molecule has 0 radical (unpaired) electrons. The Morgan fingerprint density at radius 2 is 1.66 bits per heavy atom. The number of hydrogen-bond acceptors (Lipinski definition) is 9. The quantitative estimate of drug-likeness (QED) is 0.554. The standard InChI is InChI=1S/C23H26N4O5/c1-14-16(3-4-17-18(14)13-31-23(17)30)22(29)12-27-8-6-26(7-9-27)11-21(28)15-2-5-19-20(10-15)25-32-24-19/h2-5,10,21-22,28-29H,6-9,11-13H2,1H3/t21-,22+/m0/s1. The lowest BCUT2D eigenvalue weighted by atomic mass is 9.95. The summed E-state index contributed by atoms with van der Waals surface area (Å²) < 4.78 is 9.83. The van der Waals surface area contributed by atoms with E-state index in [1.54, 1.807) is 18.2 Å². The molecule has 2 atom stereocenters. The second kappa shape index (κ2) is 8.59. The first-order valence-electron chi connectivity index (χ1n) is 10.8. The lowest BCUT2D eigenvalue weighted by Gasteiger charge is -2.36. The smallest absolute Gasteiger partial charge is 0.338 e. The molecule has 3 heterocycles. The summed E-state index contributed by atoms with van der Waals surface area (Å²) in [6.07, 6.45) is -1.25. The molecule has 0 amide bonds. The molecule has 0 saturated carbocycles. The van der Waals surface area contributed by atoms with Crippen molar-refractivity contribution >= 4 is 17.0 Å². The lowest BCUT2D eigenvalue weighted by Crippen LogP contribution is -2.48. The number of nitrogens with zero attached hydrogens (tertiary/aromatic N) is 4. The Kier molecular flexibility index (Phi) is 5.64. The van der Waals surface area contributed by atoms with Crippen molar-refractivity contribution in [2.75, 3.05) is 39.3 Å². The van der Waals surface area contributed by atoms with Crippen molar-refractivity contribution in [2.24, 2.45) is 0 Å². The number of rotatable bonds is 6. The van der Waals surface area contributed by atoms with Gasteiger partial charge in [-0.1, -0.05) is 12.1 Å². The zero-order valence-corrected chi connectivity index (χ0v) is 17.9. The largest absolute Gasteiger partial charge is 0.457 e. The first-order chi connectivity index (χ1) is 15.5. The molecule has 1 fully saturated rings. The number of carbonyl (C=O) groups is 1. The van der Waals surface area contributed by atoms with Gasteiger partial charge in [0.2, 0.25) is 0 Å². The van der Waals surface area contributed by atoms with Crippen molar-refractivity contribution in [3.8, 4) is 0 Å². The highest BCUT2D eigenvalue weighted by atomic mass is 16.6. The van der Waals surface area contributed by atoms with Crippen molar-refractivity contribution in [1.82, 2.24) is 20.1 Å². The summed E-state index contributed by atoms with van der Waals surface area (Å²) in [5, 5.41) is 29.1. The van der Waals surface area contributed by atoms with Gasteiger partial charge in [0.25, 0.3) is 0 Å². The van der Waals surface area contributed by atoms with E-state index in [9.17, 15) is 15.0 Å². The molecule has 168 valence electrons. The molecule has 2 aliphatic rings. The minimum atomic E-state index is -0.629. The van der Waals surface area contributed by atoms with Gasteiger partial charge in [0.1, 0.15) is 17.6 Å². The summed E-state index contributed by atoms with van der Waals surface area (Å²) in [6.45, 7) is 6.51. The Labute approximate surface area is 185 Å². The molecule has 32 heavy (non-hydrogen) atoms. The van der Waals surface area contributed by atoms with E-state index in [1.165, 1.54) is 0 Å². The zero-order chi connectivity index (χ0) is 22.2. The van der Waals surface area contributed by atoms with E-state index < -0.39 is 12.2 Å². The van der Waals surface area contributed by atoms with Gasteiger partial charge in [0.05, 0.1) is 17.8 Å². The zero-order valence-electron chi connectivity index (χ0n) is 17.9. The highest BCUT2D eigenvalue weighted by molar-refractivity contribution is 5.93. The second-order valence-electron chi connectivity index (χ2n) is 8.53. The third-order valence-electron chi connectivity index (χ3n) is 6.56. The Morgan fingerprint density at radius 1 is 0.969 bits per heavy atom. The average molecular weight is 438 g/mol. The van der Waals surface area contributed by atoms with Crippen LogP contribution in [0.4, 0.5) is 0 Å². The molecule has 0 spiro atoms. The van der Waals surface area contributed by atoms with Crippen LogP contribution in [0.3, 0.4) is 0 Å². The van der Waals surface area contributed by atoms with Gasteiger partial charge in [0.15, 0.2) is 0 Å². The molecule has 9 heteroatoms. The highest BCUT2D eigenvalue weighted by Gasteiger charge is 2.27. The summed E-state index contributed by atoms with van der Waals surface area (Å²) in [6, 6.07) is 9.04. The number of carbonyl (C=O) groups excluding carboxylic acids is 1. The van der Waals surface area contributed by atoms with E-state index in [0.717, 1.165) is 48.4 Å². The van der Waals surface area contributed by atoms with Crippen molar-refractivity contribution in [3.05, 3.63) is 58.1 Å². The lowest BCUT2D eigenvalue weighted by molar-refractivity contribution is 0.0481. The van der Waals surface area contributed by atoms with Crippen molar-refractivity contribution in [1.29, 1.82) is 0 Å². The maximum absolute atomic E-state index is 11.7. The molecule has 0 unspecified atom stereocenters. The fourth-order valence-corrected chi connectivity index (χ4v) is 4.58. The molecular formula is C23H26N4O5. The first kappa shape index (κ1) is 21.0. The van der Waals surface area contributed by atoms with Gasteiger partial charge in [-0.2, -0.15) is 0 Å². The van der Waals surface area contributed by atoms with Crippen LogP contribution < -0.4 is 0 Å². The van der Waals surface area contributed by atoms with E-state index in [4.69, 9.17) is 9.37 Å². The molecule has 0 aliphatic carbocycles. The number of β-amino-alcohol motifs (C(OH)–C–C–N with tert-alkyl or cyclic N) is 2. The Balaban J connectivity index is 1.15. The monoisotopic (exact) mass is 438 g/mol. The van der Waals surface area contributed by atoms with Crippen LogP contribution in [0.5, 0.6) is 0 Å². The number of aromatic nitrogens is 2. The fourth-order valence-electron chi connectivity index (χ4n) is 4.58. The molecule has 1 saturated heterocycles. The van der Waals surface area contributed by atoms with E-state index in [2.05, 4.69) is 20.1 Å². The van der Waals surface area contributed by atoms with Crippen LogP contribution in [0.25, 0.3) is 11.0 Å². The first-order valence-corrected chi connectivity index (χ1v) is 10.8. The third kappa shape index (κ3) is 4.00. The number of aliphatic hydroxyl groups is 2. The van der Waals surface area contributed by atoms with Crippen LogP contribution >= 0.6 is 0 Å². The summed E-state index contributed by atoms with van der Waals surface area (Å²) in [4.78, 5) is 16.2. The Morgan fingerprint density at radius 3 is 2.41 bits per heavy atom. The molecular weight excluding hydrogens is 412 g/mol. The van der Waals surface area contributed by atoms with Gasteiger partial charge in [-0.25, -0.2) is 9.42 Å². The van der Waals surface area contributed by atoms with Gasteiger partial charge < -0.3 is 14.9 Å². The van der Waals surface area contributed by atoms with Gasteiger partial charge >= 0.3 is 5.97 Å². The number of fused-ring (bicyclic) bond motifs is 2. The summed E-state index contributed by atoms with van der Waals surface area (Å²) >= 11 is 0. The van der Waals surface area contributed by atoms with E-state index in [1.807, 2.05) is 19.1 Å². The molecule has 2 N–H and O–H groups in total. The Hall–Kier alpha value is -2.85. The summed E-state index contributed by atoms with van der Waals surface area (Å²) in [5.74, 6) is -0.292. The minimum Gasteiger partial charge on any atom is -0.457 e. The van der Waals surface area contributed by atoms with Crippen molar-refractivity contribution in [3.63, 3.8) is 0 Å². The summed E-state index contributed by atoms with van der Waals surface area (Å²) in [5.41, 5.74) is 5.36. The predicted molar refractivity (Wildman–Crippen MR) is 115 cm³/mol. The van der Waals surface area contributed by atoms with Crippen LogP contribution in [-0.4, -0.2) is 75.6 Å². The Bertz CT molecular complexity index is 1140. The van der Waals surface area contributed by atoms with Crippen LogP contribution in [0, 0.1) is 6.92 Å². The number of benzene rings is 2. The molecule has 0 bridgehead atoms. The topological polar surface area (TPSA) is 112 Å². The average Bonchev–Trinajstić information content (AvgIpc) is 3.42. The molecule has 2 aliphatic heterocycles. The van der Waals surface area contributed by atoms with Crippen molar-refractivity contribution < 1.29 is 24.4 Å². The number of aliphatic hydroxyl groups excluding tert-OH is 2. The normalized spacial score (nSPS) is 19.2. The van der Waals surface area contributed by atoms with Gasteiger partial charge in [-0.3, -0.25) is 9.80 Å². The van der Waals surface area contributed by atoms with Gasteiger partial charge in [-0.05, 0) is 52.1 Å². The maximum Gasteiger partial charge on any atom is 0.338 e. The number of cyclic esters (lactones) is 1. The van der Waals surface area contributed by atoms with Crippen LogP contribution in [0.15, 0.2) is 35.0 Å². The van der Waals surface area contributed by atoms with E-state index in [0.29, 0.717) is 29.7 Å². The molecule has 2 aromatic carbocycles.